The average molecular weight is 388 g/mol. The van der Waals surface area contributed by atoms with E-state index < -0.39 is 0 Å². The van der Waals surface area contributed by atoms with E-state index in [1.54, 1.807) is 0 Å². The van der Waals surface area contributed by atoms with Crippen LogP contribution >= 0.6 is 39.7 Å². The molecule has 2 aromatic rings. The number of aromatic nitrogens is 2. The standard InChI is InChI=1S/C14H16BrClN4S/c1-8-11(9(2)20(3)19-8)7-17-14(21)18-13-5-4-10(15)6-12(13)16/h4-6H,7H2,1-3H3,(H2,17,18,21). The van der Waals surface area contributed by atoms with E-state index in [-0.39, 0.29) is 0 Å². The number of anilines is 1. The van der Waals surface area contributed by atoms with Crippen LogP contribution in [0.4, 0.5) is 5.69 Å². The van der Waals surface area contributed by atoms with Crippen LogP contribution in [0.5, 0.6) is 0 Å². The van der Waals surface area contributed by atoms with Gasteiger partial charge in [0.15, 0.2) is 5.11 Å². The molecule has 2 N–H and O–H groups in total. The molecule has 7 heteroatoms. The van der Waals surface area contributed by atoms with Gasteiger partial charge in [-0.2, -0.15) is 5.10 Å². The third-order valence-electron chi connectivity index (χ3n) is 3.26. The molecule has 0 aliphatic carbocycles. The summed E-state index contributed by atoms with van der Waals surface area (Å²) in [6.07, 6.45) is 0. The number of nitrogens with one attached hydrogen (secondary N) is 2. The van der Waals surface area contributed by atoms with Crippen molar-refractivity contribution in [3.8, 4) is 0 Å². The molecule has 0 spiro atoms. The van der Waals surface area contributed by atoms with Gasteiger partial charge in [-0.25, -0.2) is 0 Å². The Morgan fingerprint density at radius 3 is 2.71 bits per heavy atom. The molecule has 1 aromatic carbocycles. The van der Waals surface area contributed by atoms with E-state index in [0.29, 0.717) is 16.7 Å². The minimum Gasteiger partial charge on any atom is -0.358 e. The summed E-state index contributed by atoms with van der Waals surface area (Å²) in [4.78, 5) is 0. The normalized spacial score (nSPS) is 10.5. The van der Waals surface area contributed by atoms with Gasteiger partial charge in [0.2, 0.25) is 0 Å². The number of halogens is 2. The molecule has 0 aliphatic rings. The largest absolute Gasteiger partial charge is 0.358 e. The number of benzene rings is 1. The monoisotopic (exact) mass is 386 g/mol. The Kier molecular flexibility index (Phi) is 5.24. The zero-order valence-corrected chi connectivity index (χ0v) is 15.2. The van der Waals surface area contributed by atoms with Crippen molar-refractivity contribution in [2.75, 3.05) is 5.32 Å². The first-order valence-electron chi connectivity index (χ1n) is 6.37. The molecule has 0 radical (unpaired) electrons. The van der Waals surface area contributed by atoms with Crippen LogP contribution in [-0.2, 0) is 13.6 Å². The first-order valence-corrected chi connectivity index (χ1v) is 7.95. The minimum absolute atomic E-state index is 0.530. The molecule has 4 nitrogen and oxygen atoms in total. The lowest BCUT2D eigenvalue weighted by Crippen LogP contribution is -2.28. The molecule has 0 bridgehead atoms. The predicted octanol–water partition coefficient (Wildman–Crippen LogP) is 3.94. The number of nitrogens with zero attached hydrogens (tertiary/aromatic N) is 2. The van der Waals surface area contributed by atoms with Crippen LogP contribution in [0.15, 0.2) is 22.7 Å². The molecule has 0 saturated carbocycles. The van der Waals surface area contributed by atoms with E-state index in [9.17, 15) is 0 Å². The van der Waals surface area contributed by atoms with Crippen LogP contribution in [0.25, 0.3) is 0 Å². The molecule has 112 valence electrons. The number of hydrogen-bond acceptors (Lipinski definition) is 2. The maximum Gasteiger partial charge on any atom is 0.171 e. The molecule has 1 heterocycles. The molecule has 0 atom stereocenters. The van der Waals surface area contributed by atoms with E-state index in [4.69, 9.17) is 23.8 Å². The molecule has 1 aromatic heterocycles. The van der Waals surface area contributed by atoms with Gasteiger partial charge in [0, 0.05) is 29.3 Å². The molecule has 0 amide bonds. The van der Waals surface area contributed by atoms with Gasteiger partial charge in [-0.05, 0) is 44.3 Å². The van der Waals surface area contributed by atoms with Gasteiger partial charge >= 0.3 is 0 Å². The number of thiocarbonyl (C=S) groups is 1. The van der Waals surface area contributed by atoms with Crippen LogP contribution in [0, 0.1) is 13.8 Å². The van der Waals surface area contributed by atoms with E-state index in [2.05, 4.69) is 31.7 Å². The highest BCUT2D eigenvalue weighted by atomic mass is 79.9. The Morgan fingerprint density at radius 2 is 2.14 bits per heavy atom. The molecule has 0 unspecified atom stereocenters. The summed E-state index contributed by atoms with van der Waals surface area (Å²) in [6.45, 7) is 4.66. The third kappa shape index (κ3) is 3.96. The first-order chi connectivity index (χ1) is 9.88. The molecular formula is C14H16BrClN4S. The van der Waals surface area contributed by atoms with Crippen LogP contribution in [-0.4, -0.2) is 14.9 Å². The molecule has 2 rings (SSSR count). The Morgan fingerprint density at radius 1 is 1.43 bits per heavy atom. The number of hydrogen-bond donors (Lipinski definition) is 2. The van der Waals surface area contributed by atoms with Gasteiger partial charge in [-0.1, -0.05) is 27.5 Å². The first kappa shape index (κ1) is 16.3. The predicted molar refractivity (Wildman–Crippen MR) is 94.9 cm³/mol. The van der Waals surface area contributed by atoms with Crippen LogP contribution < -0.4 is 10.6 Å². The molecule has 0 aliphatic heterocycles. The van der Waals surface area contributed by atoms with E-state index in [1.807, 2.05) is 43.8 Å². The smallest absolute Gasteiger partial charge is 0.171 e. The van der Waals surface area contributed by atoms with Crippen molar-refractivity contribution in [1.29, 1.82) is 0 Å². The molecule has 0 fully saturated rings. The summed E-state index contributed by atoms with van der Waals surface area (Å²) in [5, 5.41) is 11.8. The fourth-order valence-corrected chi connectivity index (χ4v) is 2.90. The number of aryl methyl sites for hydroxylation is 2. The zero-order valence-electron chi connectivity index (χ0n) is 12.0. The van der Waals surface area contributed by atoms with Crippen molar-refractivity contribution >= 4 is 50.5 Å². The van der Waals surface area contributed by atoms with Crippen molar-refractivity contribution in [3.63, 3.8) is 0 Å². The Bertz CT molecular complexity index is 684. The highest BCUT2D eigenvalue weighted by Gasteiger charge is 2.10. The average Bonchev–Trinajstić information content (AvgIpc) is 2.65. The maximum atomic E-state index is 6.15. The molecule has 0 saturated heterocycles. The van der Waals surface area contributed by atoms with E-state index in [0.717, 1.165) is 27.1 Å². The highest BCUT2D eigenvalue weighted by Crippen LogP contribution is 2.25. The topological polar surface area (TPSA) is 41.9 Å². The lowest BCUT2D eigenvalue weighted by Gasteiger charge is -2.12. The lowest BCUT2D eigenvalue weighted by molar-refractivity contribution is 0.729. The summed E-state index contributed by atoms with van der Waals surface area (Å²) in [6, 6.07) is 5.61. The summed E-state index contributed by atoms with van der Waals surface area (Å²) in [7, 11) is 1.93. The Labute approximate surface area is 143 Å². The van der Waals surface area contributed by atoms with Gasteiger partial charge in [-0.3, -0.25) is 4.68 Å². The fraction of sp³-hybridized carbons (Fsp3) is 0.286. The SMILES string of the molecule is Cc1nn(C)c(C)c1CNC(=S)Nc1ccc(Br)cc1Cl. The number of rotatable bonds is 3. The lowest BCUT2D eigenvalue weighted by atomic mass is 10.2. The van der Waals surface area contributed by atoms with Gasteiger partial charge in [0.25, 0.3) is 0 Å². The maximum absolute atomic E-state index is 6.15. The van der Waals surface area contributed by atoms with Crippen LogP contribution in [0.3, 0.4) is 0 Å². The van der Waals surface area contributed by atoms with Gasteiger partial charge in [0.1, 0.15) is 0 Å². The van der Waals surface area contributed by atoms with Crippen molar-refractivity contribution in [3.05, 3.63) is 44.6 Å². The summed E-state index contributed by atoms with van der Waals surface area (Å²) in [5.41, 5.74) is 4.07. The van der Waals surface area contributed by atoms with Gasteiger partial charge in [-0.15, -0.1) is 0 Å². The van der Waals surface area contributed by atoms with Gasteiger partial charge < -0.3 is 10.6 Å². The second-order valence-electron chi connectivity index (χ2n) is 4.70. The van der Waals surface area contributed by atoms with Crippen LogP contribution in [0.2, 0.25) is 5.02 Å². The summed E-state index contributed by atoms with van der Waals surface area (Å²) < 4.78 is 2.80. The fourth-order valence-electron chi connectivity index (χ4n) is 2.00. The van der Waals surface area contributed by atoms with Crippen molar-refractivity contribution < 1.29 is 0 Å². The molecular weight excluding hydrogens is 372 g/mol. The van der Waals surface area contributed by atoms with E-state index >= 15 is 0 Å². The van der Waals surface area contributed by atoms with Crippen molar-refractivity contribution in [2.45, 2.75) is 20.4 Å². The summed E-state index contributed by atoms with van der Waals surface area (Å²) in [5.74, 6) is 0. The second kappa shape index (κ2) is 6.77. The Hall–Kier alpha value is -1.11. The zero-order chi connectivity index (χ0) is 15.6. The van der Waals surface area contributed by atoms with Crippen molar-refractivity contribution in [2.24, 2.45) is 7.05 Å². The quantitative estimate of drug-likeness (QED) is 0.783. The molecule has 21 heavy (non-hydrogen) atoms. The highest BCUT2D eigenvalue weighted by molar-refractivity contribution is 9.10. The minimum atomic E-state index is 0.530. The third-order valence-corrected chi connectivity index (χ3v) is 4.32. The summed E-state index contributed by atoms with van der Waals surface area (Å²) >= 11 is 14.8. The van der Waals surface area contributed by atoms with Gasteiger partial charge in [0.05, 0.1) is 16.4 Å². The van der Waals surface area contributed by atoms with Crippen molar-refractivity contribution in [1.82, 2.24) is 15.1 Å². The van der Waals surface area contributed by atoms with E-state index in [1.165, 1.54) is 0 Å². The van der Waals surface area contributed by atoms with Crippen LogP contribution in [0.1, 0.15) is 17.0 Å². The Balaban J connectivity index is 1.99. The second-order valence-corrected chi connectivity index (χ2v) is 6.44.